The molecule has 0 heterocycles. The standard InChI is InChI=1S/C10H11FO2/c11-9-5-8(3-4-10(9)12)13-6-7-1-2-7/h3-5,7,12H,1-2,6H2. The van der Waals surface area contributed by atoms with Crippen LogP contribution in [0.3, 0.4) is 0 Å². The lowest BCUT2D eigenvalue weighted by Crippen LogP contribution is -1.98. The zero-order chi connectivity index (χ0) is 9.26. The molecule has 0 saturated heterocycles. The van der Waals surface area contributed by atoms with E-state index in [1.807, 2.05) is 0 Å². The average molecular weight is 182 g/mol. The van der Waals surface area contributed by atoms with Gasteiger partial charge in [-0.05, 0) is 30.9 Å². The fourth-order valence-corrected chi connectivity index (χ4v) is 1.08. The van der Waals surface area contributed by atoms with Crippen LogP contribution in [0.1, 0.15) is 12.8 Å². The smallest absolute Gasteiger partial charge is 0.168 e. The third-order valence-corrected chi connectivity index (χ3v) is 2.10. The Balaban J connectivity index is 1.98. The largest absolute Gasteiger partial charge is 0.505 e. The van der Waals surface area contributed by atoms with Gasteiger partial charge >= 0.3 is 0 Å². The highest BCUT2D eigenvalue weighted by Crippen LogP contribution is 2.30. The number of rotatable bonds is 3. The maximum Gasteiger partial charge on any atom is 0.168 e. The summed E-state index contributed by atoms with van der Waals surface area (Å²) in [6, 6.07) is 4.08. The second-order valence-corrected chi connectivity index (χ2v) is 3.37. The zero-order valence-corrected chi connectivity index (χ0v) is 7.16. The van der Waals surface area contributed by atoms with E-state index in [4.69, 9.17) is 9.84 Å². The van der Waals surface area contributed by atoms with Gasteiger partial charge in [-0.3, -0.25) is 0 Å². The van der Waals surface area contributed by atoms with Crippen molar-refractivity contribution >= 4 is 0 Å². The molecule has 0 amide bonds. The van der Waals surface area contributed by atoms with Crippen LogP contribution in [0.5, 0.6) is 11.5 Å². The molecule has 1 aromatic carbocycles. The van der Waals surface area contributed by atoms with Crippen LogP contribution in [0, 0.1) is 11.7 Å². The van der Waals surface area contributed by atoms with E-state index < -0.39 is 5.82 Å². The summed E-state index contributed by atoms with van der Waals surface area (Å²) in [5, 5.41) is 8.90. The number of benzene rings is 1. The summed E-state index contributed by atoms with van der Waals surface area (Å²) in [5.41, 5.74) is 0. The minimum atomic E-state index is -0.631. The van der Waals surface area contributed by atoms with Gasteiger partial charge < -0.3 is 9.84 Å². The van der Waals surface area contributed by atoms with Crippen LogP contribution in [0.4, 0.5) is 4.39 Å². The van der Waals surface area contributed by atoms with Crippen LogP contribution in [0.15, 0.2) is 18.2 Å². The Kier molecular flexibility index (Phi) is 2.08. The van der Waals surface area contributed by atoms with Gasteiger partial charge in [-0.1, -0.05) is 0 Å². The van der Waals surface area contributed by atoms with Crippen molar-refractivity contribution in [1.82, 2.24) is 0 Å². The number of ether oxygens (including phenoxy) is 1. The molecule has 0 atom stereocenters. The molecule has 1 aliphatic rings. The summed E-state index contributed by atoms with van der Waals surface area (Å²) in [5.74, 6) is 0.172. The molecule has 1 aliphatic carbocycles. The number of hydrogen-bond acceptors (Lipinski definition) is 2. The van der Waals surface area contributed by atoms with Crippen molar-refractivity contribution < 1.29 is 14.2 Å². The van der Waals surface area contributed by atoms with Crippen LogP contribution in [-0.4, -0.2) is 11.7 Å². The Labute approximate surface area is 76.0 Å². The van der Waals surface area contributed by atoms with Gasteiger partial charge in [0.05, 0.1) is 6.61 Å². The van der Waals surface area contributed by atoms with Crippen LogP contribution >= 0.6 is 0 Å². The lowest BCUT2D eigenvalue weighted by Gasteiger charge is -2.04. The molecule has 2 rings (SSSR count). The Bertz CT molecular complexity index is 308. The first-order valence-electron chi connectivity index (χ1n) is 4.37. The van der Waals surface area contributed by atoms with E-state index in [1.54, 1.807) is 6.07 Å². The minimum absolute atomic E-state index is 0.334. The summed E-state index contributed by atoms with van der Waals surface area (Å²) < 4.78 is 18.1. The van der Waals surface area contributed by atoms with E-state index >= 15 is 0 Å². The van der Waals surface area contributed by atoms with E-state index in [9.17, 15) is 4.39 Å². The van der Waals surface area contributed by atoms with Crippen molar-refractivity contribution in [2.75, 3.05) is 6.61 Å². The van der Waals surface area contributed by atoms with Crippen molar-refractivity contribution in [3.8, 4) is 11.5 Å². The molecule has 1 saturated carbocycles. The lowest BCUT2D eigenvalue weighted by atomic mass is 10.3. The molecular formula is C10H11FO2. The number of aromatic hydroxyl groups is 1. The summed E-state index contributed by atoms with van der Waals surface area (Å²) in [6.07, 6.45) is 2.42. The average Bonchev–Trinajstić information content (AvgIpc) is 2.91. The molecule has 0 radical (unpaired) electrons. The summed E-state index contributed by atoms with van der Waals surface area (Å²) >= 11 is 0. The van der Waals surface area contributed by atoms with Gasteiger partial charge in [0.2, 0.25) is 0 Å². The maximum absolute atomic E-state index is 12.8. The van der Waals surface area contributed by atoms with E-state index in [0.29, 0.717) is 18.3 Å². The first kappa shape index (κ1) is 8.35. The molecule has 0 unspecified atom stereocenters. The Morgan fingerprint density at radius 2 is 2.23 bits per heavy atom. The molecule has 2 nitrogen and oxygen atoms in total. The van der Waals surface area contributed by atoms with Crippen molar-refractivity contribution in [3.05, 3.63) is 24.0 Å². The first-order chi connectivity index (χ1) is 6.25. The molecule has 1 fully saturated rings. The van der Waals surface area contributed by atoms with Crippen molar-refractivity contribution in [2.24, 2.45) is 5.92 Å². The van der Waals surface area contributed by atoms with Gasteiger partial charge in [-0.15, -0.1) is 0 Å². The summed E-state index contributed by atoms with van der Waals surface area (Å²) in [6.45, 7) is 0.657. The fraction of sp³-hybridized carbons (Fsp3) is 0.400. The molecule has 3 heteroatoms. The predicted octanol–water partition coefficient (Wildman–Crippen LogP) is 2.32. The number of halogens is 1. The molecule has 70 valence electrons. The second-order valence-electron chi connectivity index (χ2n) is 3.37. The topological polar surface area (TPSA) is 29.5 Å². The molecule has 1 N–H and O–H groups in total. The van der Waals surface area contributed by atoms with Crippen molar-refractivity contribution in [1.29, 1.82) is 0 Å². The zero-order valence-electron chi connectivity index (χ0n) is 7.16. The highest BCUT2D eigenvalue weighted by molar-refractivity contribution is 5.31. The van der Waals surface area contributed by atoms with Crippen molar-refractivity contribution in [2.45, 2.75) is 12.8 Å². The van der Waals surface area contributed by atoms with Gasteiger partial charge in [-0.2, -0.15) is 0 Å². The first-order valence-corrected chi connectivity index (χ1v) is 4.37. The van der Waals surface area contributed by atoms with Gasteiger partial charge in [0.25, 0.3) is 0 Å². The number of hydrogen-bond donors (Lipinski definition) is 1. The van der Waals surface area contributed by atoms with Crippen LogP contribution in [0.2, 0.25) is 0 Å². The van der Waals surface area contributed by atoms with E-state index in [1.165, 1.54) is 25.0 Å². The third kappa shape index (κ3) is 2.11. The Morgan fingerprint density at radius 1 is 1.46 bits per heavy atom. The Hall–Kier alpha value is -1.25. The quantitative estimate of drug-likeness (QED) is 0.777. The van der Waals surface area contributed by atoms with Gasteiger partial charge in [-0.25, -0.2) is 4.39 Å². The van der Waals surface area contributed by atoms with E-state index in [-0.39, 0.29) is 5.75 Å². The predicted molar refractivity (Wildman–Crippen MR) is 46.3 cm³/mol. The SMILES string of the molecule is Oc1ccc(OCC2CC2)cc1F. The third-order valence-electron chi connectivity index (χ3n) is 2.10. The van der Waals surface area contributed by atoms with E-state index in [0.717, 1.165) is 0 Å². The molecule has 13 heavy (non-hydrogen) atoms. The highest BCUT2D eigenvalue weighted by atomic mass is 19.1. The molecule has 0 aliphatic heterocycles. The molecular weight excluding hydrogens is 171 g/mol. The molecule has 1 aromatic rings. The summed E-state index contributed by atoms with van der Waals surface area (Å²) in [4.78, 5) is 0. The van der Waals surface area contributed by atoms with Gasteiger partial charge in [0.1, 0.15) is 5.75 Å². The normalized spacial score (nSPS) is 15.8. The van der Waals surface area contributed by atoms with Gasteiger partial charge in [0.15, 0.2) is 11.6 Å². The van der Waals surface area contributed by atoms with Crippen LogP contribution < -0.4 is 4.74 Å². The molecule has 0 bridgehead atoms. The minimum Gasteiger partial charge on any atom is -0.505 e. The highest BCUT2D eigenvalue weighted by Gasteiger charge is 2.21. The monoisotopic (exact) mass is 182 g/mol. The Morgan fingerprint density at radius 3 is 2.85 bits per heavy atom. The van der Waals surface area contributed by atoms with Gasteiger partial charge in [0, 0.05) is 6.07 Å². The number of phenols is 1. The van der Waals surface area contributed by atoms with Crippen molar-refractivity contribution in [3.63, 3.8) is 0 Å². The second kappa shape index (κ2) is 3.24. The van der Waals surface area contributed by atoms with Crippen LogP contribution in [0.25, 0.3) is 0 Å². The molecule has 0 spiro atoms. The lowest BCUT2D eigenvalue weighted by molar-refractivity contribution is 0.297. The van der Waals surface area contributed by atoms with Crippen LogP contribution in [-0.2, 0) is 0 Å². The molecule has 0 aromatic heterocycles. The summed E-state index contributed by atoms with van der Waals surface area (Å²) in [7, 11) is 0. The maximum atomic E-state index is 12.8. The fourth-order valence-electron chi connectivity index (χ4n) is 1.08. The number of phenolic OH excluding ortho intramolecular Hbond substituents is 1. The van der Waals surface area contributed by atoms with E-state index in [2.05, 4.69) is 0 Å².